The lowest BCUT2D eigenvalue weighted by Gasteiger charge is -2.19. The van der Waals surface area contributed by atoms with Gasteiger partial charge in [-0.3, -0.25) is 5.10 Å². The number of nitrogens with one attached hydrogen (secondary N) is 2. The maximum absolute atomic E-state index is 11.8. The summed E-state index contributed by atoms with van der Waals surface area (Å²) in [6, 6.07) is 18.6. The van der Waals surface area contributed by atoms with Crippen molar-refractivity contribution in [2.24, 2.45) is 0 Å². The smallest absolute Gasteiger partial charge is 0.407 e. The Labute approximate surface area is 176 Å². The molecule has 1 aromatic heterocycles. The molecule has 0 spiro atoms. The van der Waals surface area contributed by atoms with Crippen LogP contribution < -0.4 is 5.32 Å². The van der Waals surface area contributed by atoms with Crippen LogP contribution in [0.1, 0.15) is 26.3 Å². The van der Waals surface area contributed by atoms with E-state index >= 15 is 0 Å². The number of nitrogens with zero attached hydrogens (tertiary/aromatic N) is 1. The number of ether oxygens (including phenoxy) is 1. The molecule has 0 fully saturated rings. The minimum Gasteiger partial charge on any atom is -0.444 e. The van der Waals surface area contributed by atoms with Crippen LogP contribution >= 0.6 is 11.8 Å². The van der Waals surface area contributed by atoms with Gasteiger partial charge in [-0.05, 0) is 33.3 Å². The van der Waals surface area contributed by atoms with Crippen molar-refractivity contribution in [3.8, 4) is 22.4 Å². The summed E-state index contributed by atoms with van der Waals surface area (Å²) in [6.45, 7) is 8.14. The molecule has 0 aliphatic rings. The molecule has 0 aliphatic heterocycles. The minimum absolute atomic E-state index is 0.397. The summed E-state index contributed by atoms with van der Waals surface area (Å²) in [5, 5.41) is 11.6. The zero-order valence-corrected chi connectivity index (χ0v) is 18.1. The highest BCUT2D eigenvalue weighted by Crippen LogP contribution is 2.37. The standard InChI is InChI=1S/C23H27N3O2S/c1-16-10-12-18(13-11-16)20-19(17-8-6-5-7-9-17)21(26-25-20)29-15-14-24-22(27)28-23(2,3)4/h5-13H,14-15H2,1-4H3,(H,24,27)(H,25,26). The number of amides is 1. The second kappa shape index (κ2) is 9.18. The van der Waals surface area contributed by atoms with Crippen molar-refractivity contribution in [1.29, 1.82) is 0 Å². The van der Waals surface area contributed by atoms with Crippen molar-refractivity contribution >= 4 is 17.9 Å². The summed E-state index contributed by atoms with van der Waals surface area (Å²) < 4.78 is 5.28. The van der Waals surface area contributed by atoms with Gasteiger partial charge in [0.25, 0.3) is 0 Å². The molecule has 6 heteroatoms. The fraction of sp³-hybridized carbons (Fsp3) is 0.304. The summed E-state index contributed by atoms with van der Waals surface area (Å²) in [4.78, 5) is 11.8. The predicted octanol–water partition coefficient (Wildman–Crippen LogP) is 5.67. The lowest BCUT2D eigenvalue weighted by atomic mass is 10.0. The Hall–Kier alpha value is -2.73. The average molecular weight is 410 g/mol. The average Bonchev–Trinajstić information content (AvgIpc) is 3.09. The van der Waals surface area contributed by atoms with E-state index in [0.717, 1.165) is 27.4 Å². The van der Waals surface area contributed by atoms with Gasteiger partial charge in [-0.2, -0.15) is 5.10 Å². The summed E-state index contributed by atoms with van der Waals surface area (Å²) in [5.41, 5.74) is 4.91. The fourth-order valence-electron chi connectivity index (χ4n) is 2.84. The topological polar surface area (TPSA) is 67.0 Å². The molecule has 1 heterocycles. The third-order valence-electron chi connectivity index (χ3n) is 4.14. The molecular formula is C23H27N3O2S. The Balaban J connectivity index is 1.75. The molecule has 0 saturated heterocycles. The second-order valence-electron chi connectivity index (χ2n) is 7.79. The first-order chi connectivity index (χ1) is 13.8. The van der Waals surface area contributed by atoms with Gasteiger partial charge in [-0.15, -0.1) is 11.8 Å². The number of H-pyrrole nitrogens is 1. The van der Waals surface area contributed by atoms with Gasteiger partial charge in [-0.25, -0.2) is 4.79 Å². The van der Waals surface area contributed by atoms with Gasteiger partial charge in [0.2, 0.25) is 0 Å². The highest BCUT2D eigenvalue weighted by atomic mass is 32.2. The van der Waals surface area contributed by atoms with E-state index < -0.39 is 11.7 Å². The molecule has 3 rings (SSSR count). The number of carbonyl (C=O) groups is 1. The van der Waals surface area contributed by atoms with Crippen LogP contribution in [0, 0.1) is 6.92 Å². The maximum atomic E-state index is 11.8. The maximum Gasteiger partial charge on any atom is 0.407 e. The first-order valence-corrected chi connectivity index (χ1v) is 10.6. The minimum atomic E-state index is -0.496. The van der Waals surface area contributed by atoms with Gasteiger partial charge in [0.1, 0.15) is 11.3 Å². The Morgan fingerprint density at radius 3 is 2.41 bits per heavy atom. The Bertz CT molecular complexity index is 945. The first-order valence-electron chi connectivity index (χ1n) is 9.64. The van der Waals surface area contributed by atoms with Crippen LogP contribution in [-0.2, 0) is 4.74 Å². The van der Waals surface area contributed by atoms with E-state index in [2.05, 4.69) is 58.8 Å². The molecule has 1 amide bonds. The second-order valence-corrected chi connectivity index (χ2v) is 8.89. The van der Waals surface area contributed by atoms with Crippen LogP contribution in [0.15, 0.2) is 59.6 Å². The number of hydrogen-bond acceptors (Lipinski definition) is 4. The number of rotatable bonds is 6. The van der Waals surface area contributed by atoms with Crippen LogP contribution in [0.4, 0.5) is 4.79 Å². The molecule has 0 unspecified atom stereocenters. The van der Waals surface area contributed by atoms with Crippen molar-refractivity contribution in [2.75, 3.05) is 12.3 Å². The summed E-state index contributed by atoms with van der Waals surface area (Å²) in [5.74, 6) is 0.703. The van der Waals surface area contributed by atoms with Crippen LogP contribution in [0.5, 0.6) is 0 Å². The lowest BCUT2D eigenvalue weighted by molar-refractivity contribution is 0.0531. The van der Waals surface area contributed by atoms with E-state index in [4.69, 9.17) is 4.74 Å². The number of benzene rings is 2. The van der Waals surface area contributed by atoms with E-state index in [-0.39, 0.29) is 0 Å². The van der Waals surface area contributed by atoms with Crippen LogP contribution in [0.3, 0.4) is 0 Å². The number of alkyl carbamates (subject to hydrolysis) is 1. The third-order valence-corrected chi connectivity index (χ3v) is 5.13. The molecule has 5 nitrogen and oxygen atoms in total. The van der Waals surface area contributed by atoms with E-state index in [1.165, 1.54) is 5.56 Å². The summed E-state index contributed by atoms with van der Waals surface area (Å²) in [7, 11) is 0. The Morgan fingerprint density at radius 1 is 1.07 bits per heavy atom. The van der Waals surface area contributed by atoms with E-state index in [1.807, 2.05) is 39.0 Å². The molecule has 0 saturated carbocycles. The third kappa shape index (κ3) is 5.87. The highest BCUT2D eigenvalue weighted by molar-refractivity contribution is 7.99. The molecule has 29 heavy (non-hydrogen) atoms. The normalized spacial score (nSPS) is 11.3. The lowest BCUT2D eigenvalue weighted by Crippen LogP contribution is -2.33. The molecule has 0 aliphatic carbocycles. The molecule has 2 N–H and O–H groups in total. The Morgan fingerprint density at radius 2 is 1.76 bits per heavy atom. The van der Waals surface area contributed by atoms with Gasteiger partial charge in [0.05, 0.1) is 5.03 Å². The summed E-state index contributed by atoms with van der Waals surface area (Å²) in [6.07, 6.45) is -0.397. The van der Waals surface area contributed by atoms with Crippen LogP contribution in [0.2, 0.25) is 0 Å². The number of aromatic nitrogens is 2. The largest absolute Gasteiger partial charge is 0.444 e. The Kier molecular flexibility index (Phi) is 6.64. The number of thioether (sulfide) groups is 1. The SMILES string of the molecule is Cc1ccc(-c2n[nH]c(SCCNC(=O)OC(C)(C)C)c2-c2ccccc2)cc1. The van der Waals surface area contributed by atoms with Crippen LogP contribution in [-0.4, -0.2) is 34.2 Å². The fourth-order valence-corrected chi connectivity index (χ4v) is 3.72. The van der Waals surface area contributed by atoms with E-state index in [0.29, 0.717) is 12.3 Å². The zero-order chi connectivity index (χ0) is 20.9. The molecule has 3 aromatic rings. The van der Waals surface area contributed by atoms with Gasteiger partial charge >= 0.3 is 6.09 Å². The molecule has 0 atom stereocenters. The molecule has 0 radical (unpaired) electrons. The predicted molar refractivity (Wildman–Crippen MR) is 119 cm³/mol. The monoisotopic (exact) mass is 409 g/mol. The van der Waals surface area contributed by atoms with Gasteiger partial charge in [0, 0.05) is 23.4 Å². The van der Waals surface area contributed by atoms with E-state index in [9.17, 15) is 4.79 Å². The first kappa shape index (κ1) is 21.0. The van der Waals surface area contributed by atoms with Gasteiger partial charge in [0.15, 0.2) is 0 Å². The molecule has 152 valence electrons. The van der Waals surface area contributed by atoms with Crippen molar-refractivity contribution in [3.63, 3.8) is 0 Å². The number of hydrogen-bond donors (Lipinski definition) is 2. The quantitative estimate of drug-likeness (QED) is 0.407. The van der Waals surface area contributed by atoms with Gasteiger partial charge < -0.3 is 10.1 Å². The van der Waals surface area contributed by atoms with Crippen LogP contribution in [0.25, 0.3) is 22.4 Å². The van der Waals surface area contributed by atoms with Crippen molar-refractivity contribution in [2.45, 2.75) is 38.3 Å². The molecule has 2 aromatic carbocycles. The van der Waals surface area contributed by atoms with Crippen molar-refractivity contribution < 1.29 is 9.53 Å². The zero-order valence-electron chi connectivity index (χ0n) is 17.3. The van der Waals surface area contributed by atoms with E-state index in [1.54, 1.807) is 11.8 Å². The number of carbonyl (C=O) groups excluding carboxylic acids is 1. The molecule has 0 bridgehead atoms. The highest BCUT2D eigenvalue weighted by Gasteiger charge is 2.18. The van der Waals surface area contributed by atoms with Crippen molar-refractivity contribution in [3.05, 3.63) is 60.2 Å². The van der Waals surface area contributed by atoms with Gasteiger partial charge in [-0.1, -0.05) is 60.2 Å². The molecular weight excluding hydrogens is 382 g/mol. The summed E-state index contributed by atoms with van der Waals surface area (Å²) >= 11 is 1.63. The van der Waals surface area contributed by atoms with Crippen molar-refractivity contribution in [1.82, 2.24) is 15.5 Å². The number of aryl methyl sites for hydroxylation is 1. The number of aromatic amines is 1.